The van der Waals surface area contributed by atoms with E-state index in [0.717, 1.165) is 32.1 Å². The third-order valence-electron chi connectivity index (χ3n) is 4.01. The van der Waals surface area contributed by atoms with Gasteiger partial charge in [0.25, 0.3) is 0 Å². The predicted octanol–water partition coefficient (Wildman–Crippen LogP) is 1.05. The minimum Gasteiger partial charge on any atom is -0.351 e. The van der Waals surface area contributed by atoms with E-state index in [2.05, 4.69) is 25.1 Å². The number of hydrogen-bond donors (Lipinski definition) is 1. The Morgan fingerprint density at radius 3 is 2.50 bits per heavy atom. The van der Waals surface area contributed by atoms with Gasteiger partial charge in [-0.1, -0.05) is 18.2 Å². The van der Waals surface area contributed by atoms with Gasteiger partial charge in [0, 0.05) is 50.7 Å². The van der Waals surface area contributed by atoms with Gasteiger partial charge in [0.05, 0.1) is 6.54 Å². The summed E-state index contributed by atoms with van der Waals surface area (Å²) >= 11 is 0. The van der Waals surface area contributed by atoms with E-state index in [1.54, 1.807) is 36.7 Å². The summed E-state index contributed by atoms with van der Waals surface area (Å²) in [6.07, 6.45) is 3.45. The fraction of sp³-hybridized carbons (Fsp3) is 0.353. The molecular formula is C17H20FN5O. The number of aromatic nitrogens is 2. The summed E-state index contributed by atoms with van der Waals surface area (Å²) in [7, 11) is 0. The molecule has 0 bridgehead atoms. The summed E-state index contributed by atoms with van der Waals surface area (Å²) in [5.41, 5.74) is 0.497. The molecule has 1 N–H and O–H groups in total. The SMILES string of the molecule is O=C(CN1CCN(c2ncccn2)CC1)NCc1ccccc1F. The Balaban J connectivity index is 1.43. The number of nitrogens with zero attached hydrogens (tertiary/aromatic N) is 4. The first-order valence-electron chi connectivity index (χ1n) is 7.97. The summed E-state index contributed by atoms with van der Waals surface area (Å²) < 4.78 is 13.5. The molecule has 2 aromatic rings. The summed E-state index contributed by atoms with van der Waals surface area (Å²) in [5, 5.41) is 2.77. The molecular weight excluding hydrogens is 309 g/mol. The molecule has 1 aromatic heterocycles. The highest BCUT2D eigenvalue weighted by atomic mass is 19.1. The van der Waals surface area contributed by atoms with Crippen LogP contribution in [-0.4, -0.2) is 53.5 Å². The smallest absolute Gasteiger partial charge is 0.234 e. The fourth-order valence-electron chi connectivity index (χ4n) is 2.66. The maximum Gasteiger partial charge on any atom is 0.234 e. The quantitative estimate of drug-likeness (QED) is 0.889. The van der Waals surface area contributed by atoms with Crippen molar-refractivity contribution < 1.29 is 9.18 Å². The molecule has 1 fully saturated rings. The molecule has 2 heterocycles. The number of piperazine rings is 1. The lowest BCUT2D eigenvalue weighted by Gasteiger charge is -2.34. The first-order chi connectivity index (χ1) is 11.7. The third kappa shape index (κ3) is 4.26. The maximum absolute atomic E-state index is 13.5. The number of halogens is 1. The van der Waals surface area contributed by atoms with Gasteiger partial charge in [-0.05, 0) is 12.1 Å². The van der Waals surface area contributed by atoms with Crippen LogP contribution < -0.4 is 10.2 Å². The number of amides is 1. The number of hydrogen-bond acceptors (Lipinski definition) is 5. The van der Waals surface area contributed by atoms with Gasteiger partial charge in [0.2, 0.25) is 11.9 Å². The molecule has 0 unspecified atom stereocenters. The zero-order valence-corrected chi connectivity index (χ0v) is 13.4. The van der Waals surface area contributed by atoms with Crippen LogP contribution in [-0.2, 0) is 11.3 Å². The minimum absolute atomic E-state index is 0.0948. The second kappa shape index (κ2) is 7.83. The van der Waals surface area contributed by atoms with E-state index in [1.807, 2.05) is 0 Å². The molecule has 6 nitrogen and oxygen atoms in total. The monoisotopic (exact) mass is 329 g/mol. The molecule has 1 saturated heterocycles. The van der Waals surface area contributed by atoms with Crippen molar-refractivity contribution in [3.63, 3.8) is 0 Å². The first kappa shape index (κ1) is 16.3. The predicted molar refractivity (Wildman–Crippen MR) is 88.9 cm³/mol. The topological polar surface area (TPSA) is 61.4 Å². The number of rotatable bonds is 5. The largest absolute Gasteiger partial charge is 0.351 e. The van der Waals surface area contributed by atoms with Crippen LogP contribution in [0.4, 0.5) is 10.3 Å². The number of carbonyl (C=O) groups is 1. The van der Waals surface area contributed by atoms with Crippen molar-refractivity contribution in [2.75, 3.05) is 37.6 Å². The Morgan fingerprint density at radius 2 is 1.79 bits per heavy atom. The highest BCUT2D eigenvalue weighted by Gasteiger charge is 2.20. The average molecular weight is 329 g/mol. The minimum atomic E-state index is -0.297. The second-order valence-corrected chi connectivity index (χ2v) is 5.68. The lowest BCUT2D eigenvalue weighted by Crippen LogP contribution is -2.49. The molecule has 0 atom stereocenters. The van der Waals surface area contributed by atoms with Crippen molar-refractivity contribution >= 4 is 11.9 Å². The molecule has 1 amide bonds. The Kier molecular flexibility index (Phi) is 5.32. The van der Waals surface area contributed by atoms with Gasteiger partial charge >= 0.3 is 0 Å². The third-order valence-corrected chi connectivity index (χ3v) is 4.01. The van der Waals surface area contributed by atoms with Crippen molar-refractivity contribution in [2.45, 2.75) is 6.54 Å². The van der Waals surface area contributed by atoms with Crippen LogP contribution in [0, 0.1) is 5.82 Å². The first-order valence-corrected chi connectivity index (χ1v) is 7.97. The van der Waals surface area contributed by atoms with Crippen LogP contribution in [0.5, 0.6) is 0 Å². The Hall–Kier alpha value is -2.54. The van der Waals surface area contributed by atoms with Crippen LogP contribution in [0.15, 0.2) is 42.7 Å². The van der Waals surface area contributed by atoms with Gasteiger partial charge in [0.15, 0.2) is 0 Å². The molecule has 126 valence electrons. The molecule has 1 aromatic carbocycles. The van der Waals surface area contributed by atoms with E-state index in [0.29, 0.717) is 12.1 Å². The molecule has 0 aliphatic carbocycles. The highest BCUT2D eigenvalue weighted by Crippen LogP contribution is 2.09. The normalized spacial score (nSPS) is 15.3. The second-order valence-electron chi connectivity index (χ2n) is 5.68. The lowest BCUT2D eigenvalue weighted by molar-refractivity contribution is -0.122. The fourth-order valence-corrected chi connectivity index (χ4v) is 2.66. The zero-order valence-electron chi connectivity index (χ0n) is 13.4. The maximum atomic E-state index is 13.5. The Labute approximate surface area is 140 Å². The summed E-state index contributed by atoms with van der Waals surface area (Å²) in [4.78, 5) is 24.7. The standard InChI is InChI=1S/C17H20FN5O/c18-15-5-2-1-4-14(15)12-21-16(24)13-22-8-10-23(11-9-22)17-19-6-3-7-20-17/h1-7H,8-13H2,(H,21,24). The van der Waals surface area contributed by atoms with Crippen LogP contribution in [0.25, 0.3) is 0 Å². The number of anilines is 1. The van der Waals surface area contributed by atoms with Crippen LogP contribution in [0.1, 0.15) is 5.56 Å². The van der Waals surface area contributed by atoms with Gasteiger partial charge in [-0.2, -0.15) is 0 Å². The van der Waals surface area contributed by atoms with E-state index in [-0.39, 0.29) is 18.3 Å². The lowest BCUT2D eigenvalue weighted by atomic mass is 10.2. The molecule has 0 radical (unpaired) electrons. The number of carbonyl (C=O) groups excluding carboxylic acids is 1. The molecule has 0 saturated carbocycles. The van der Waals surface area contributed by atoms with Crippen molar-refractivity contribution in [1.29, 1.82) is 0 Å². The van der Waals surface area contributed by atoms with Gasteiger partial charge in [0.1, 0.15) is 5.82 Å². The van der Waals surface area contributed by atoms with E-state index >= 15 is 0 Å². The highest BCUT2D eigenvalue weighted by molar-refractivity contribution is 5.78. The zero-order chi connectivity index (χ0) is 16.8. The van der Waals surface area contributed by atoms with Crippen molar-refractivity contribution in [1.82, 2.24) is 20.2 Å². The van der Waals surface area contributed by atoms with E-state index < -0.39 is 0 Å². The number of benzene rings is 1. The molecule has 0 spiro atoms. The molecule has 7 heteroatoms. The van der Waals surface area contributed by atoms with Crippen LogP contribution >= 0.6 is 0 Å². The van der Waals surface area contributed by atoms with Gasteiger partial charge in [-0.15, -0.1) is 0 Å². The molecule has 3 rings (SSSR count). The van der Waals surface area contributed by atoms with E-state index in [1.165, 1.54) is 6.07 Å². The van der Waals surface area contributed by atoms with Crippen molar-refractivity contribution in [3.8, 4) is 0 Å². The van der Waals surface area contributed by atoms with Gasteiger partial charge < -0.3 is 10.2 Å². The Bertz CT molecular complexity index is 674. The molecule has 1 aliphatic rings. The summed E-state index contributed by atoms with van der Waals surface area (Å²) in [5.74, 6) is 0.332. The average Bonchev–Trinajstić information content (AvgIpc) is 2.62. The van der Waals surface area contributed by atoms with Crippen LogP contribution in [0.3, 0.4) is 0 Å². The van der Waals surface area contributed by atoms with Crippen LogP contribution in [0.2, 0.25) is 0 Å². The van der Waals surface area contributed by atoms with Crippen molar-refractivity contribution in [2.24, 2.45) is 0 Å². The van der Waals surface area contributed by atoms with E-state index in [4.69, 9.17) is 0 Å². The van der Waals surface area contributed by atoms with Gasteiger partial charge in [-0.3, -0.25) is 9.69 Å². The number of nitrogens with one attached hydrogen (secondary N) is 1. The summed E-state index contributed by atoms with van der Waals surface area (Å²) in [6, 6.07) is 8.26. The Morgan fingerprint density at radius 1 is 1.08 bits per heavy atom. The summed E-state index contributed by atoms with van der Waals surface area (Å²) in [6.45, 7) is 3.63. The molecule has 24 heavy (non-hydrogen) atoms. The van der Waals surface area contributed by atoms with Crippen molar-refractivity contribution in [3.05, 3.63) is 54.1 Å². The molecule has 1 aliphatic heterocycles. The van der Waals surface area contributed by atoms with E-state index in [9.17, 15) is 9.18 Å². The van der Waals surface area contributed by atoms with Gasteiger partial charge in [-0.25, -0.2) is 14.4 Å².